The van der Waals surface area contributed by atoms with Crippen LogP contribution < -0.4 is 5.32 Å². The number of aromatic nitrogens is 1. The summed E-state index contributed by atoms with van der Waals surface area (Å²) in [4.78, 5) is 4.45. The molecule has 0 aromatic carbocycles. The number of nitrogens with one attached hydrogen (secondary N) is 1. The minimum Gasteiger partial charge on any atom is -0.308 e. The van der Waals surface area contributed by atoms with Gasteiger partial charge in [0.1, 0.15) is 4.60 Å². The highest BCUT2D eigenvalue weighted by Gasteiger charge is 2.10. The third kappa shape index (κ3) is 4.76. The normalized spacial score (nSPS) is 18.6. The summed E-state index contributed by atoms with van der Waals surface area (Å²) in [6.07, 6.45) is 9.66. The molecular formula is C14H21BrN2. The summed E-state index contributed by atoms with van der Waals surface area (Å²) < 4.78 is 0.925. The Balaban J connectivity index is 1.79. The van der Waals surface area contributed by atoms with Gasteiger partial charge in [-0.15, -0.1) is 0 Å². The average Bonchev–Trinajstić information content (AvgIpc) is 2.27. The van der Waals surface area contributed by atoms with Gasteiger partial charge < -0.3 is 5.32 Å². The molecule has 0 unspecified atom stereocenters. The maximum Gasteiger partial charge on any atom is 0.106 e. The van der Waals surface area contributed by atoms with E-state index >= 15 is 0 Å². The van der Waals surface area contributed by atoms with Crippen LogP contribution in [-0.2, 0) is 6.54 Å². The van der Waals surface area contributed by atoms with E-state index in [2.05, 4.69) is 32.3 Å². The first-order valence-corrected chi connectivity index (χ1v) is 7.49. The van der Waals surface area contributed by atoms with Crippen molar-refractivity contribution in [2.75, 3.05) is 0 Å². The first kappa shape index (κ1) is 13.0. The number of nitrogens with zero attached hydrogens (tertiary/aromatic N) is 1. The fourth-order valence-corrected chi connectivity index (χ4v) is 2.84. The molecule has 1 N–H and O–H groups in total. The van der Waals surface area contributed by atoms with Gasteiger partial charge in [-0.2, -0.15) is 0 Å². The standard InChI is InChI=1S/C14H21BrN2/c15-14-10-6-9-13(17-14)11-16-12-7-4-2-1-3-5-8-12/h6,9-10,12,16H,1-5,7-8,11H2. The smallest absolute Gasteiger partial charge is 0.106 e. The van der Waals surface area contributed by atoms with E-state index in [9.17, 15) is 0 Å². The van der Waals surface area contributed by atoms with Crippen LogP contribution in [0.1, 0.15) is 50.6 Å². The number of halogens is 1. The molecule has 2 rings (SSSR count). The molecule has 1 heterocycles. The van der Waals surface area contributed by atoms with Crippen molar-refractivity contribution in [1.82, 2.24) is 10.3 Å². The minimum absolute atomic E-state index is 0.691. The average molecular weight is 297 g/mol. The van der Waals surface area contributed by atoms with Crippen molar-refractivity contribution in [3.05, 3.63) is 28.5 Å². The molecule has 0 atom stereocenters. The largest absolute Gasteiger partial charge is 0.308 e. The summed E-state index contributed by atoms with van der Waals surface area (Å²) >= 11 is 3.41. The first-order valence-electron chi connectivity index (χ1n) is 6.69. The lowest BCUT2D eigenvalue weighted by Gasteiger charge is -2.20. The molecule has 0 amide bonds. The van der Waals surface area contributed by atoms with Gasteiger partial charge in [0.15, 0.2) is 0 Å². The van der Waals surface area contributed by atoms with E-state index in [-0.39, 0.29) is 0 Å². The predicted molar refractivity (Wildman–Crippen MR) is 74.9 cm³/mol. The molecular weight excluding hydrogens is 276 g/mol. The van der Waals surface area contributed by atoms with Crippen LogP contribution in [0.3, 0.4) is 0 Å². The quantitative estimate of drug-likeness (QED) is 0.851. The van der Waals surface area contributed by atoms with E-state index in [1.165, 1.54) is 44.9 Å². The monoisotopic (exact) mass is 296 g/mol. The Morgan fingerprint density at radius 2 is 1.82 bits per heavy atom. The molecule has 1 fully saturated rings. The lowest BCUT2D eigenvalue weighted by molar-refractivity contribution is 0.387. The van der Waals surface area contributed by atoms with E-state index in [0.29, 0.717) is 6.04 Å². The van der Waals surface area contributed by atoms with Crippen molar-refractivity contribution in [1.29, 1.82) is 0 Å². The first-order chi connectivity index (χ1) is 8.34. The summed E-state index contributed by atoms with van der Waals surface area (Å²) in [6.45, 7) is 0.893. The molecule has 0 spiro atoms. The van der Waals surface area contributed by atoms with Crippen LogP contribution in [-0.4, -0.2) is 11.0 Å². The van der Waals surface area contributed by atoms with Crippen LogP contribution in [0.15, 0.2) is 22.8 Å². The second kappa shape index (κ2) is 7.12. The van der Waals surface area contributed by atoms with Crippen LogP contribution >= 0.6 is 15.9 Å². The zero-order valence-corrected chi connectivity index (χ0v) is 11.9. The maximum absolute atomic E-state index is 4.45. The van der Waals surface area contributed by atoms with E-state index in [4.69, 9.17) is 0 Å². The van der Waals surface area contributed by atoms with Gasteiger partial charge in [-0.05, 0) is 40.9 Å². The molecule has 0 aliphatic heterocycles. The SMILES string of the molecule is Brc1cccc(CNC2CCCCCCC2)n1. The molecule has 1 aromatic rings. The predicted octanol–water partition coefficient (Wildman–Crippen LogP) is 4.05. The Kier molecular flexibility index (Phi) is 5.46. The van der Waals surface area contributed by atoms with Gasteiger partial charge in [0.25, 0.3) is 0 Å². The fourth-order valence-electron chi connectivity index (χ4n) is 2.46. The van der Waals surface area contributed by atoms with E-state index in [1.807, 2.05) is 12.1 Å². The molecule has 2 nitrogen and oxygen atoms in total. The summed E-state index contributed by atoms with van der Waals surface area (Å²) in [6, 6.07) is 6.79. The van der Waals surface area contributed by atoms with Gasteiger partial charge in [-0.3, -0.25) is 0 Å². The molecule has 1 aliphatic carbocycles. The van der Waals surface area contributed by atoms with Crippen LogP contribution in [0.5, 0.6) is 0 Å². The Morgan fingerprint density at radius 1 is 1.12 bits per heavy atom. The van der Waals surface area contributed by atoms with E-state index in [0.717, 1.165) is 16.8 Å². The highest BCUT2D eigenvalue weighted by atomic mass is 79.9. The zero-order chi connectivity index (χ0) is 11.9. The molecule has 0 saturated heterocycles. The van der Waals surface area contributed by atoms with E-state index in [1.54, 1.807) is 0 Å². The van der Waals surface area contributed by atoms with Gasteiger partial charge in [-0.25, -0.2) is 4.98 Å². The number of hydrogen-bond donors (Lipinski definition) is 1. The van der Waals surface area contributed by atoms with Gasteiger partial charge in [0.05, 0.1) is 5.69 Å². The summed E-state index contributed by atoms with van der Waals surface area (Å²) in [5, 5.41) is 3.65. The van der Waals surface area contributed by atoms with Gasteiger partial charge >= 0.3 is 0 Å². The van der Waals surface area contributed by atoms with Crippen LogP contribution in [0, 0.1) is 0 Å². The van der Waals surface area contributed by atoms with Gasteiger partial charge in [-0.1, -0.05) is 38.2 Å². The van der Waals surface area contributed by atoms with E-state index < -0.39 is 0 Å². The van der Waals surface area contributed by atoms with Crippen molar-refractivity contribution >= 4 is 15.9 Å². The molecule has 3 heteroatoms. The zero-order valence-electron chi connectivity index (χ0n) is 10.3. The van der Waals surface area contributed by atoms with Crippen molar-refractivity contribution in [3.8, 4) is 0 Å². The lowest BCUT2D eigenvalue weighted by Crippen LogP contribution is -2.29. The highest BCUT2D eigenvalue weighted by molar-refractivity contribution is 9.10. The van der Waals surface area contributed by atoms with Crippen molar-refractivity contribution < 1.29 is 0 Å². The third-order valence-corrected chi connectivity index (χ3v) is 3.89. The molecule has 1 aliphatic rings. The fraction of sp³-hybridized carbons (Fsp3) is 0.643. The summed E-state index contributed by atoms with van der Waals surface area (Å²) in [5.41, 5.74) is 1.13. The maximum atomic E-state index is 4.45. The van der Waals surface area contributed by atoms with Crippen LogP contribution in [0.25, 0.3) is 0 Å². The topological polar surface area (TPSA) is 24.9 Å². The Bertz CT molecular complexity index is 333. The summed E-state index contributed by atoms with van der Waals surface area (Å²) in [7, 11) is 0. The van der Waals surface area contributed by atoms with Crippen LogP contribution in [0.4, 0.5) is 0 Å². The molecule has 1 saturated carbocycles. The molecule has 17 heavy (non-hydrogen) atoms. The lowest BCUT2D eigenvalue weighted by atomic mass is 9.97. The van der Waals surface area contributed by atoms with Crippen molar-refractivity contribution in [3.63, 3.8) is 0 Å². The Morgan fingerprint density at radius 3 is 2.53 bits per heavy atom. The molecule has 0 radical (unpaired) electrons. The van der Waals surface area contributed by atoms with Crippen molar-refractivity contribution in [2.45, 2.75) is 57.5 Å². The summed E-state index contributed by atoms with van der Waals surface area (Å²) in [5.74, 6) is 0. The van der Waals surface area contributed by atoms with Gasteiger partial charge in [0, 0.05) is 12.6 Å². The minimum atomic E-state index is 0.691. The second-order valence-electron chi connectivity index (χ2n) is 4.87. The Labute approximate surface area is 112 Å². The number of pyridine rings is 1. The molecule has 94 valence electrons. The highest BCUT2D eigenvalue weighted by Crippen LogP contribution is 2.17. The van der Waals surface area contributed by atoms with Gasteiger partial charge in [0.2, 0.25) is 0 Å². The van der Waals surface area contributed by atoms with Crippen molar-refractivity contribution in [2.24, 2.45) is 0 Å². The third-order valence-electron chi connectivity index (χ3n) is 3.45. The Hall–Kier alpha value is -0.410. The number of rotatable bonds is 3. The number of hydrogen-bond acceptors (Lipinski definition) is 2. The second-order valence-corrected chi connectivity index (χ2v) is 5.69. The molecule has 1 aromatic heterocycles. The van der Waals surface area contributed by atoms with Crippen LogP contribution in [0.2, 0.25) is 0 Å². The molecule has 0 bridgehead atoms.